The second-order valence-electron chi connectivity index (χ2n) is 5.09. The van der Waals surface area contributed by atoms with Crippen LogP contribution >= 0.6 is 7.26 Å². The summed E-state index contributed by atoms with van der Waals surface area (Å²) in [5.41, 5.74) is 0.701. The van der Waals surface area contributed by atoms with Crippen LogP contribution in [0.2, 0.25) is 0 Å². The standard InChI is InChI=1S/C16H21P/c1-14(2)17(3,15-10-6-4-7-11-15)16-12-8-5-9-13-16/h4-14,17H,1-3H3. The van der Waals surface area contributed by atoms with Crippen molar-refractivity contribution in [2.75, 3.05) is 6.66 Å². The van der Waals surface area contributed by atoms with Crippen LogP contribution in [0.3, 0.4) is 0 Å². The van der Waals surface area contributed by atoms with E-state index in [0.29, 0.717) is 5.66 Å². The second-order valence-corrected chi connectivity index (χ2v) is 9.80. The molecule has 2 rings (SSSR count). The molecule has 0 aliphatic carbocycles. The molecule has 0 atom stereocenters. The van der Waals surface area contributed by atoms with Crippen molar-refractivity contribution in [3.05, 3.63) is 60.7 Å². The van der Waals surface area contributed by atoms with Crippen LogP contribution in [0.25, 0.3) is 0 Å². The van der Waals surface area contributed by atoms with Gasteiger partial charge in [0, 0.05) is 0 Å². The topological polar surface area (TPSA) is 0 Å². The van der Waals surface area contributed by atoms with Gasteiger partial charge in [0.25, 0.3) is 0 Å². The minimum atomic E-state index is -1.58. The van der Waals surface area contributed by atoms with Crippen LogP contribution in [0, 0.1) is 0 Å². The van der Waals surface area contributed by atoms with Gasteiger partial charge in [0.05, 0.1) is 0 Å². The van der Waals surface area contributed by atoms with Crippen LogP contribution < -0.4 is 10.6 Å². The molecule has 0 saturated carbocycles. The number of hydrogen-bond acceptors (Lipinski definition) is 0. The third-order valence-electron chi connectivity index (χ3n) is 3.90. The van der Waals surface area contributed by atoms with Crippen LogP contribution in [0.5, 0.6) is 0 Å². The zero-order valence-electron chi connectivity index (χ0n) is 10.9. The fourth-order valence-electron chi connectivity index (χ4n) is 2.40. The van der Waals surface area contributed by atoms with Crippen molar-refractivity contribution in [3.63, 3.8) is 0 Å². The van der Waals surface area contributed by atoms with Gasteiger partial charge in [0.2, 0.25) is 0 Å². The molecule has 17 heavy (non-hydrogen) atoms. The van der Waals surface area contributed by atoms with Crippen LogP contribution in [0.15, 0.2) is 60.7 Å². The van der Waals surface area contributed by atoms with E-state index < -0.39 is 7.26 Å². The zero-order valence-corrected chi connectivity index (χ0v) is 11.9. The first-order chi connectivity index (χ1) is 8.15. The summed E-state index contributed by atoms with van der Waals surface area (Å²) in [6.07, 6.45) is 0. The van der Waals surface area contributed by atoms with Gasteiger partial charge >= 0.3 is 105 Å². The summed E-state index contributed by atoms with van der Waals surface area (Å²) >= 11 is 0. The van der Waals surface area contributed by atoms with Crippen LogP contribution in [-0.2, 0) is 0 Å². The van der Waals surface area contributed by atoms with Gasteiger partial charge in [-0.25, -0.2) is 0 Å². The van der Waals surface area contributed by atoms with E-state index in [0.717, 1.165) is 0 Å². The van der Waals surface area contributed by atoms with Crippen LogP contribution in [0.4, 0.5) is 0 Å². The molecule has 0 bridgehead atoms. The van der Waals surface area contributed by atoms with Gasteiger partial charge in [-0.2, -0.15) is 0 Å². The normalized spacial score (nSPS) is 12.7. The molecule has 0 spiro atoms. The van der Waals surface area contributed by atoms with Crippen molar-refractivity contribution >= 4 is 17.9 Å². The van der Waals surface area contributed by atoms with Crippen molar-refractivity contribution in [3.8, 4) is 0 Å². The summed E-state index contributed by atoms with van der Waals surface area (Å²) in [6.45, 7) is 7.18. The van der Waals surface area contributed by atoms with E-state index in [1.54, 1.807) is 0 Å². The molecule has 0 radical (unpaired) electrons. The Kier molecular flexibility index (Phi) is 3.64. The Labute approximate surface area is 105 Å². The average Bonchev–Trinajstić information content (AvgIpc) is 2.39. The quantitative estimate of drug-likeness (QED) is 0.726. The summed E-state index contributed by atoms with van der Waals surface area (Å²) < 4.78 is 0. The summed E-state index contributed by atoms with van der Waals surface area (Å²) in [5, 5.41) is 3.06. The van der Waals surface area contributed by atoms with Crippen LogP contribution in [-0.4, -0.2) is 12.3 Å². The molecule has 0 aliphatic rings. The Hall–Kier alpha value is -1.13. The molecule has 0 heterocycles. The first kappa shape index (κ1) is 12.3. The maximum atomic E-state index is 2.47. The van der Waals surface area contributed by atoms with E-state index >= 15 is 0 Å². The Morgan fingerprint density at radius 2 is 1.06 bits per heavy atom. The van der Waals surface area contributed by atoms with E-state index in [-0.39, 0.29) is 0 Å². The first-order valence-electron chi connectivity index (χ1n) is 6.26. The third-order valence-corrected chi connectivity index (χ3v) is 9.28. The van der Waals surface area contributed by atoms with Gasteiger partial charge in [0.1, 0.15) is 0 Å². The van der Waals surface area contributed by atoms with Crippen molar-refractivity contribution in [2.24, 2.45) is 0 Å². The molecule has 0 saturated heterocycles. The van der Waals surface area contributed by atoms with E-state index in [4.69, 9.17) is 0 Å². The van der Waals surface area contributed by atoms with Gasteiger partial charge in [-0.15, -0.1) is 0 Å². The number of hydrogen-bond donors (Lipinski definition) is 0. The van der Waals surface area contributed by atoms with E-state index in [2.05, 4.69) is 81.2 Å². The first-order valence-corrected chi connectivity index (χ1v) is 8.84. The predicted octanol–water partition coefficient (Wildman–Crippen LogP) is 3.43. The molecule has 0 aromatic heterocycles. The minimum absolute atomic E-state index is 0.701. The van der Waals surface area contributed by atoms with Gasteiger partial charge in [-0.05, 0) is 0 Å². The van der Waals surface area contributed by atoms with Crippen molar-refractivity contribution in [2.45, 2.75) is 19.5 Å². The zero-order chi connectivity index (χ0) is 12.3. The summed E-state index contributed by atoms with van der Waals surface area (Å²) in [6, 6.07) is 22.0. The van der Waals surface area contributed by atoms with E-state index in [1.807, 2.05) is 0 Å². The summed E-state index contributed by atoms with van der Waals surface area (Å²) in [5.74, 6) is 0. The Bertz CT molecular complexity index is 420. The fourth-order valence-corrected chi connectivity index (χ4v) is 5.84. The Morgan fingerprint density at radius 3 is 1.35 bits per heavy atom. The molecule has 0 nitrogen and oxygen atoms in total. The van der Waals surface area contributed by atoms with Gasteiger partial charge < -0.3 is 0 Å². The Balaban J connectivity index is 2.55. The predicted molar refractivity (Wildman–Crippen MR) is 81.5 cm³/mol. The van der Waals surface area contributed by atoms with Gasteiger partial charge in [-0.3, -0.25) is 0 Å². The summed E-state index contributed by atoms with van der Waals surface area (Å²) in [7, 11) is -1.58. The third kappa shape index (κ3) is 2.28. The average molecular weight is 244 g/mol. The van der Waals surface area contributed by atoms with Crippen molar-refractivity contribution in [1.29, 1.82) is 0 Å². The van der Waals surface area contributed by atoms with Crippen LogP contribution in [0.1, 0.15) is 13.8 Å². The van der Waals surface area contributed by atoms with E-state index in [9.17, 15) is 0 Å². The fraction of sp³-hybridized carbons (Fsp3) is 0.250. The van der Waals surface area contributed by atoms with Gasteiger partial charge in [0.15, 0.2) is 0 Å². The molecule has 1 heteroatoms. The Morgan fingerprint density at radius 1 is 0.706 bits per heavy atom. The molecule has 0 unspecified atom stereocenters. The molecule has 0 fully saturated rings. The molecule has 2 aromatic rings. The monoisotopic (exact) mass is 244 g/mol. The van der Waals surface area contributed by atoms with Crippen molar-refractivity contribution < 1.29 is 0 Å². The maximum absolute atomic E-state index is 2.47. The van der Waals surface area contributed by atoms with Crippen molar-refractivity contribution in [1.82, 2.24) is 0 Å². The second kappa shape index (κ2) is 5.02. The summed E-state index contributed by atoms with van der Waals surface area (Å²) in [4.78, 5) is 0. The van der Waals surface area contributed by atoms with Gasteiger partial charge in [-0.1, -0.05) is 0 Å². The SMILES string of the molecule is CC(C)[PH](C)(c1ccccc1)c1ccccc1. The molecule has 0 N–H and O–H groups in total. The number of benzene rings is 2. The van der Waals surface area contributed by atoms with E-state index in [1.165, 1.54) is 10.6 Å². The molecule has 0 aliphatic heterocycles. The molecule has 0 amide bonds. The molecular formula is C16H21P. The molecule has 2 aromatic carbocycles. The number of rotatable bonds is 3. The molecule has 90 valence electrons. The molecular weight excluding hydrogens is 223 g/mol.